The van der Waals surface area contributed by atoms with Gasteiger partial charge in [0.15, 0.2) is 5.69 Å². The predicted molar refractivity (Wildman–Crippen MR) is 78.0 cm³/mol. The molecule has 1 unspecified atom stereocenters. The molecule has 0 bridgehead atoms. The van der Waals surface area contributed by atoms with E-state index in [0.717, 1.165) is 38.2 Å². The number of carboxylic acid groups (broad SMARTS) is 1. The maximum absolute atomic E-state index is 11.4. The average Bonchev–Trinajstić information content (AvgIpc) is 2.86. The first kappa shape index (κ1) is 13.9. The molecule has 0 amide bonds. The zero-order valence-corrected chi connectivity index (χ0v) is 12.0. The van der Waals surface area contributed by atoms with E-state index < -0.39 is 5.97 Å². The fourth-order valence-electron chi connectivity index (χ4n) is 2.91. The molecule has 1 aliphatic rings. The van der Waals surface area contributed by atoms with E-state index in [4.69, 9.17) is 4.74 Å². The topological polar surface area (TPSA) is 75.9 Å². The average molecular weight is 289 g/mol. The van der Waals surface area contributed by atoms with Crippen molar-refractivity contribution >= 4 is 11.5 Å². The summed E-state index contributed by atoms with van der Waals surface area (Å²) in [5.74, 6) is 0.984. The highest BCUT2D eigenvalue weighted by Crippen LogP contribution is 2.22. The van der Waals surface area contributed by atoms with Gasteiger partial charge in [-0.1, -0.05) is 0 Å². The summed E-state index contributed by atoms with van der Waals surface area (Å²) >= 11 is 0. The third-order valence-electron chi connectivity index (χ3n) is 3.99. The fraction of sp³-hybridized carbons (Fsp3) is 0.467. The Morgan fingerprint density at radius 3 is 3.10 bits per heavy atom. The van der Waals surface area contributed by atoms with Gasteiger partial charge in [-0.15, -0.1) is 0 Å². The molecule has 1 saturated heterocycles. The van der Waals surface area contributed by atoms with E-state index in [1.54, 1.807) is 25.4 Å². The van der Waals surface area contributed by atoms with Crippen LogP contribution in [0.5, 0.6) is 5.75 Å². The monoisotopic (exact) mass is 289 g/mol. The minimum Gasteiger partial charge on any atom is -0.495 e. The Morgan fingerprint density at radius 1 is 1.57 bits per heavy atom. The zero-order chi connectivity index (χ0) is 14.8. The molecule has 2 aromatic heterocycles. The van der Waals surface area contributed by atoms with Crippen LogP contribution in [-0.4, -0.2) is 40.7 Å². The molecule has 0 aliphatic carbocycles. The number of aromatic carboxylic acids is 1. The highest BCUT2D eigenvalue weighted by atomic mass is 16.5. The van der Waals surface area contributed by atoms with E-state index in [0.29, 0.717) is 17.2 Å². The number of carboxylic acids is 1. The minimum absolute atomic E-state index is 0.108. The SMILES string of the molecule is COc1ccc2c(C(=O)O)nc(CC3CCCNC3)n2c1. The van der Waals surface area contributed by atoms with Gasteiger partial charge in [-0.3, -0.25) is 4.40 Å². The highest BCUT2D eigenvalue weighted by Gasteiger charge is 2.21. The van der Waals surface area contributed by atoms with E-state index >= 15 is 0 Å². The third-order valence-corrected chi connectivity index (χ3v) is 3.99. The van der Waals surface area contributed by atoms with Crippen LogP contribution in [-0.2, 0) is 6.42 Å². The molecule has 2 aromatic rings. The number of carbonyl (C=O) groups is 1. The quantitative estimate of drug-likeness (QED) is 0.894. The number of pyridine rings is 1. The summed E-state index contributed by atoms with van der Waals surface area (Å²) in [6.07, 6.45) is 4.88. The molecule has 3 rings (SSSR count). The molecule has 1 atom stereocenters. The van der Waals surface area contributed by atoms with Crippen molar-refractivity contribution in [1.29, 1.82) is 0 Å². The summed E-state index contributed by atoms with van der Waals surface area (Å²) in [5, 5.41) is 12.7. The normalized spacial score (nSPS) is 18.8. The van der Waals surface area contributed by atoms with E-state index in [9.17, 15) is 9.90 Å². The van der Waals surface area contributed by atoms with E-state index in [1.165, 1.54) is 0 Å². The lowest BCUT2D eigenvalue weighted by atomic mass is 9.96. The second kappa shape index (κ2) is 5.73. The Kier molecular flexibility index (Phi) is 3.79. The van der Waals surface area contributed by atoms with Crippen molar-refractivity contribution in [3.63, 3.8) is 0 Å². The van der Waals surface area contributed by atoms with Crippen LogP contribution in [0.15, 0.2) is 18.3 Å². The molecule has 6 heteroatoms. The van der Waals surface area contributed by atoms with Gasteiger partial charge in [0, 0.05) is 6.42 Å². The summed E-state index contributed by atoms with van der Waals surface area (Å²) in [6, 6.07) is 3.51. The van der Waals surface area contributed by atoms with Crippen LogP contribution in [0.3, 0.4) is 0 Å². The first-order valence-electron chi connectivity index (χ1n) is 7.18. The number of nitrogens with zero attached hydrogens (tertiary/aromatic N) is 2. The molecule has 1 aliphatic heterocycles. The van der Waals surface area contributed by atoms with Gasteiger partial charge in [0.25, 0.3) is 0 Å². The number of rotatable bonds is 4. The van der Waals surface area contributed by atoms with Crippen LogP contribution in [0, 0.1) is 5.92 Å². The summed E-state index contributed by atoms with van der Waals surface area (Å²) < 4.78 is 7.07. The maximum atomic E-state index is 11.4. The van der Waals surface area contributed by atoms with Crippen molar-refractivity contribution in [3.8, 4) is 5.75 Å². The van der Waals surface area contributed by atoms with Crippen LogP contribution in [0.25, 0.3) is 5.52 Å². The summed E-state index contributed by atoms with van der Waals surface area (Å²) in [6.45, 7) is 2.02. The number of fused-ring (bicyclic) bond motifs is 1. The number of hydrogen-bond donors (Lipinski definition) is 2. The van der Waals surface area contributed by atoms with Crippen molar-refractivity contribution in [2.75, 3.05) is 20.2 Å². The summed E-state index contributed by atoms with van der Waals surface area (Å²) in [4.78, 5) is 15.7. The number of hydrogen-bond acceptors (Lipinski definition) is 4. The predicted octanol–water partition coefficient (Wildman–Crippen LogP) is 1.58. The van der Waals surface area contributed by atoms with E-state index in [2.05, 4.69) is 10.3 Å². The van der Waals surface area contributed by atoms with Crippen molar-refractivity contribution in [3.05, 3.63) is 29.8 Å². The Balaban J connectivity index is 2.00. The van der Waals surface area contributed by atoms with Gasteiger partial charge < -0.3 is 15.2 Å². The molecule has 21 heavy (non-hydrogen) atoms. The lowest BCUT2D eigenvalue weighted by molar-refractivity contribution is 0.0693. The van der Waals surface area contributed by atoms with Crippen LogP contribution in [0.1, 0.15) is 29.2 Å². The number of imidazole rings is 1. The van der Waals surface area contributed by atoms with E-state index in [1.807, 2.05) is 4.40 Å². The molecule has 0 spiro atoms. The number of piperidine rings is 1. The maximum Gasteiger partial charge on any atom is 0.356 e. The lowest BCUT2D eigenvalue weighted by Crippen LogP contribution is -2.31. The highest BCUT2D eigenvalue weighted by molar-refractivity contribution is 5.93. The number of methoxy groups -OCH3 is 1. The first-order chi connectivity index (χ1) is 10.2. The van der Waals surface area contributed by atoms with Crippen LogP contribution in [0.2, 0.25) is 0 Å². The van der Waals surface area contributed by atoms with Gasteiger partial charge in [-0.2, -0.15) is 0 Å². The van der Waals surface area contributed by atoms with Gasteiger partial charge in [0.1, 0.15) is 11.6 Å². The van der Waals surface area contributed by atoms with Crippen LogP contribution >= 0.6 is 0 Å². The standard InChI is InChI=1S/C15H19N3O3/c1-21-11-4-5-12-14(15(19)20)17-13(18(12)9-11)7-10-3-2-6-16-8-10/h4-5,9-10,16H,2-3,6-8H2,1H3,(H,19,20). The van der Waals surface area contributed by atoms with Crippen LogP contribution in [0.4, 0.5) is 0 Å². The van der Waals surface area contributed by atoms with E-state index in [-0.39, 0.29) is 5.69 Å². The van der Waals surface area contributed by atoms with Crippen LogP contribution < -0.4 is 10.1 Å². The molecule has 3 heterocycles. The van der Waals surface area contributed by atoms with Crippen molar-refractivity contribution in [2.24, 2.45) is 5.92 Å². The number of nitrogens with one attached hydrogen (secondary N) is 1. The van der Waals surface area contributed by atoms with Gasteiger partial charge >= 0.3 is 5.97 Å². The zero-order valence-electron chi connectivity index (χ0n) is 12.0. The van der Waals surface area contributed by atoms with Crippen molar-refractivity contribution in [1.82, 2.24) is 14.7 Å². The molecule has 2 N–H and O–H groups in total. The molecule has 0 radical (unpaired) electrons. The molecule has 6 nitrogen and oxygen atoms in total. The van der Waals surface area contributed by atoms with Gasteiger partial charge in [-0.25, -0.2) is 9.78 Å². The van der Waals surface area contributed by atoms with Gasteiger partial charge in [-0.05, 0) is 44.0 Å². The first-order valence-corrected chi connectivity index (χ1v) is 7.18. The molecular formula is C15H19N3O3. The minimum atomic E-state index is -0.995. The summed E-state index contributed by atoms with van der Waals surface area (Å²) in [5.41, 5.74) is 0.721. The second-order valence-corrected chi connectivity index (χ2v) is 5.42. The van der Waals surface area contributed by atoms with Crippen molar-refractivity contribution < 1.29 is 14.6 Å². The Morgan fingerprint density at radius 2 is 2.43 bits per heavy atom. The fourth-order valence-corrected chi connectivity index (χ4v) is 2.91. The number of ether oxygens (including phenoxy) is 1. The Bertz CT molecular complexity index is 659. The Labute approximate surface area is 122 Å². The number of aromatic nitrogens is 2. The Hall–Kier alpha value is -2.08. The van der Waals surface area contributed by atoms with Crippen molar-refractivity contribution in [2.45, 2.75) is 19.3 Å². The molecule has 0 saturated carbocycles. The smallest absolute Gasteiger partial charge is 0.356 e. The second-order valence-electron chi connectivity index (χ2n) is 5.42. The molecule has 0 aromatic carbocycles. The third kappa shape index (κ3) is 2.71. The molecular weight excluding hydrogens is 270 g/mol. The lowest BCUT2D eigenvalue weighted by Gasteiger charge is -2.22. The molecule has 112 valence electrons. The largest absolute Gasteiger partial charge is 0.495 e. The van der Waals surface area contributed by atoms with Gasteiger partial charge in [0.2, 0.25) is 0 Å². The molecule has 1 fully saturated rings. The van der Waals surface area contributed by atoms with Gasteiger partial charge in [0.05, 0.1) is 18.8 Å². The summed E-state index contributed by atoms with van der Waals surface area (Å²) in [7, 11) is 1.60.